The van der Waals surface area contributed by atoms with Crippen LogP contribution in [0.4, 0.5) is 0 Å². The molecule has 5 aromatic rings. The normalized spacial score (nSPS) is 11.0. The summed E-state index contributed by atoms with van der Waals surface area (Å²) in [5.74, 6) is -1.07. The molecule has 0 saturated carbocycles. The third-order valence-electron chi connectivity index (χ3n) is 6.62. The summed E-state index contributed by atoms with van der Waals surface area (Å²) in [6.07, 6.45) is 1.40. The van der Waals surface area contributed by atoms with Gasteiger partial charge in [0.25, 0.3) is 5.91 Å². The van der Waals surface area contributed by atoms with Crippen molar-refractivity contribution in [2.24, 2.45) is 5.10 Å². The van der Waals surface area contributed by atoms with Gasteiger partial charge in [-0.05, 0) is 60.2 Å². The predicted molar refractivity (Wildman–Crippen MR) is 176 cm³/mol. The van der Waals surface area contributed by atoms with Gasteiger partial charge in [0, 0.05) is 33.5 Å². The molecule has 10 nitrogen and oxygen atoms in total. The van der Waals surface area contributed by atoms with Gasteiger partial charge in [-0.3, -0.25) is 9.59 Å². The molecule has 234 valence electrons. The molecule has 1 amide bonds. The zero-order chi connectivity index (χ0) is 33.0. The molecule has 13 heteroatoms. The van der Waals surface area contributed by atoms with Crippen molar-refractivity contribution in [3.63, 3.8) is 0 Å². The average molecular weight is 681 g/mol. The number of esters is 2. The number of amides is 1. The first-order valence-corrected chi connectivity index (χ1v) is 14.6. The number of benzene rings is 4. The van der Waals surface area contributed by atoms with E-state index in [0.29, 0.717) is 42.7 Å². The fourth-order valence-corrected chi connectivity index (χ4v) is 5.37. The van der Waals surface area contributed by atoms with Gasteiger partial charge in [-0.1, -0.05) is 53.0 Å². The number of methoxy groups -OCH3 is 2. The quantitative estimate of drug-likeness (QED) is 0.0706. The van der Waals surface area contributed by atoms with Crippen LogP contribution in [0.3, 0.4) is 0 Å². The van der Waals surface area contributed by atoms with Gasteiger partial charge in [-0.25, -0.2) is 10.2 Å². The Morgan fingerprint density at radius 1 is 0.804 bits per heavy atom. The second-order valence-corrected chi connectivity index (χ2v) is 10.9. The molecule has 5 rings (SSSR count). The molecular formula is C33H24Cl3N3O7. The van der Waals surface area contributed by atoms with E-state index < -0.39 is 17.8 Å². The van der Waals surface area contributed by atoms with Crippen molar-refractivity contribution in [2.45, 2.75) is 6.92 Å². The first-order chi connectivity index (χ1) is 22.1. The van der Waals surface area contributed by atoms with Crippen molar-refractivity contribution in [3.05, 3.63) is 105 Å². The molecule has 0 aliphatic heterocycles. The Morgan fingerprint density at radius 2 is 1.50 bits per heavy atom. The minimum absolute atomic E-state index is 0.134. The largest absolute Gasteiger partial charge is 0.493 e. The number of nitrogens with one attached hydrogen (secondary N) is 2. The Morgan fingerprint density at radius 3 is 2.22 bits per heavy atom. The SMILES string of the molecule is COc1cc(C(=O)Oc2ccc(C=NNC(=O)c3[nH]c4c(Cl)cc(Cl)cc4c3-c3ccccc3Cl)cc2OC)ccc1OC(C)=O. The van der Waals surface area contributed by atoms with Gasteiger partial charge in [0.2, 0.25) is 0 Å². The summed E-state index contributed by atoms with van der Waals surface area (Å²) in [4.78, 5) is 40.6. The van der Waals surface area contributed by atoms with Gasteiger partial charge < -0.3 is 23.9 Å². The van der Waals surface area contributed by atoms with Crippen LogP contribution < -0.4 is 24.4 Å². The number of carbonyl (C=O) groups excluding carboxylic acids is 3. The number of H-pyrrole nitrogens is 1. The zero-order valence-corrected chi connectivity index (χ0v) is 26.7. The zero-order valence-electron chi connectivity index (χ0n) is 24.4. The maximum Gasteiger partial charge on any atom is 0.343 e. The Hall–Kier alpha value is -5.03. The molecule has 0 bridgehead atoms. The maximum absolute atomic E-state index is 13.4. The van der Waals surface area contributed by atoms with Crippen molar-refractivity contribution in [2.75, 3.05) is 14.2 Å². The number of carbonyl (C=O) groups is 3. The lowest BCUT2D eigenvalue weighted by molar-refractivity contribution is -0.132. The van der Waals surface area contributed by atoms with Crippen LogP contribution in [0.1, 0.15) is 33.3 Å². The van der Waals surface area contributed by atoms with Crippen molar-refractivity contribution >= 4 is 69.8 Å². The van der Waals surface area contributed by atoms with E-state index in [1.54, 1.807) is 48.5 Å². The fourth-order valence-electron chi connectivity index (χ4n) is 4.60. The summed E-state index contributed by atoms with van der Waals surface area (Å²) in [6, 6.07) is 19.3. The van der Waals surface area contributed by atoms with Crippen molar-refractivity contribution < 1.29 is 33.3 Å². The second kappa shape index (κ2) is 13.9. The molecule has 0 spiro atoms. The van der Waals surface area contributed by atoms with Crippen LogP contribution >= 0.6 is 34.8 Å². The lowest BCUT2D eigenvalue weighted by atomic mass is 10.0. The highest BCUT2D eigenvalue weighted by atomic mass is 35.5. The Bertz CT molecular complexity index is 2020. The van der Waals surface area contributed by atoms with E-state index in [2.05, 4.69) is 15.5 Å². The summed E-state index contributed by atoms with van der Waals surface area (Å²) in [6.45, 7) is 1.25. The number of nitrogens with zero attached hydrogens (tertiary/aromatic N) is 1. The first kappa shape index (κ1) is 32.4. The average Bonchev–Trinajstić information content (AvgIpc) is 3.41. The van der Waals surface area contributed by atoms with Crippen LogP contribution in [0.25, 0.3) is 22.0 Å². The Balaban J connectivity index is 1.35. The third kappa shape index (κ3) is 6.94. The summed E-state index contributed by atoms with van der Waals surface area (Å²) in [7, 11) is 2.79. The Kier molecular flexibility index (Phi) is 9.81. The molecule has 0 radical (unpaired) electrons. The minimum Gasteiger partial charge on any atom is -0.493 e. The molecular weight excluding hydrogens is 657 g/mol. The highest BCUT2D eigenvalue weighted by Gasteiger charge is 2.23. The van der Waals surface area contributed by atoms with E-state index in [0.717, 1.165) is 0 Å². The fraction of sp³-hybridized carbons (Fsp3) is 0.0909. The summed E-state index contributed by atoms with van der Waals surface area (Å²) in [5, 5.41) is 5.88. The second-order valence-electron chi connectivity index (χ2n) is 9.62. The molecule has 4 aromatic carbocycles. The number of hydrazone groups is 1. The van der Waals surface area contributed by atoms with E-state index in [1.165, 1.54) is 51.6 Å². The first-order valence-electron chi connectivity index (χ1n) is 13.4. The lowest BCUT2D eigenvalue weighted by Crippen LogP contribution is -2.19. The summed E-state index contributed by atoms with van der Waals surface area (Å²) in [5.41, 5.74) is 5.02. The highest BCUT2D eigenvalue weighted by Crippen LogP contribution is 2.40. The standard InChI is InChI=1S/C33H24Cl3N3O7/c1-17(40)45-25-11-9-19(13-28(25)44-3)33(42)46-26-10-8-18(12-27(26)43-2)16-37-39-32(41)31-29(21-6-4-5-7-23(21)35)22-14-20(34)15-24(36)30(22)38-31/h4-16,38H,1-3H3,(H,39,41). The molecule has 0 saturated heterocycles. The van der Waals surface area contributed by atoms with E-state index in [4.69, 9.17) is 53.8 Å². The highest BCUT2D eigenvalue weighted by molar-refractivity contribution is 6.39. The molecule has 0 unspecified atom stereocenters. The third-order valence-corrected chi connectivity index (χ3v) is 7.46. The number of aromatic amines is 1. The number of halogens is 3. The van der Waals surface area contributed by atoms with Crippen LogP contribution in [0.2, 0.25) is 15.1 Å². The van der Waals surface area contributed by atoms with Crippen LogP contribution in [0.5, 0.6) is 23.0 Å². The van der Waals surface area contributed by atoms with Gasteiger partial charge in [0.15, 0.2) is 23.0 Å². The summed E-state index contributed by atoms with van der Waals surface area (Å²) < 4.78 is 21.2. The lowest BCUT2D eigenvalue weighted by Gasteiger charge is -2.12. The van der Waals surface area contributed by atoms with Crippen LogP contribution in [0, 0.1) is 0 Å². The molecule has 1 heterocycles. The van der Waals surface area contributed by atoms with E-state index in [9.17, 15) is 14.4 Å². The minimum atomic E-state index is -0.700. The number of hydrogen-bond donors (Lipinski definition) is 2. The molecule has 0 aliphatic carbocycles. The van der Waals surface area contributed by atoms with Gasteiger partial charge >= 0.3 is 11.9 Å². The van der Waals surface area contributed by atoms with Gasteiger partial charge in [0.05, 0.1) is 36.5 Å². The van der Waals surface area contributed by atoms with Crippen molar-refractivity contribution in [1.29, 1.82) is 0 Å². The Labute approximate surface area is 277 Å². The maximum atomic E-state index is 13.4. The monoisotopic (exact) mass is 679 g/mol. The molecule has 0 fully saturated rings. The summed E-state index contributed by atoms with van der Waals surface area (Å²) >= 11 is 19.2. The number of rotatable bonds is 9. The van der Waals surface area contributed by atoms with Gasteiger partial charge in [-0.15, -0.1) is 0 Å². The van der Waals surface area contributed by atoms with E-state index in [-0.39, 0.29) is 34.3 Å². The number of fused-ring (bicyclic) bond motifs is 1. The van der Waals surface area contributed by atoms with Crippen LogP contribution in [0.15, 0.2) is 77.9 Å². The van der Waals surface area contributed by atoms with E-state index >= 15 is 0 Å². The molecule has 2 N–H and O–H groups in total. The topological polar surface area (TPSA) is 128 Å². The predicted octanol–water partition coefficient (Wildman–Crippen LogP) is 7.72. The van der Waals surface area contributed by atoms with Gasteiger partial charge in [0.1, 0.15) is 5.69 Å². The van der Waals surface area contributed by atoms with Crippen molar-refractivity contribution in [3.8, 4) is 34.1 Å². The van der Waals surface area contributed by atoms with Gasteiger partial charge in [-0.2, -0.15) is 5.10 Å². The molecule has 46 heavy (non-hydrogen) atoms. The number of aromatic nitrogens is 1. The molecule has 1 aromatic heterocycles. The number of hydrogen-bond acceptors (Lipinski definition) is 8. The van der Waals surface area contributed by atoms with Crippen LogP contribution in [-0.2, 0) is 4.79 Å². The van der Waals surface area contributed by atoms with E-state index in [1.807, 2.05) is 0 Å². The number of ether oxygens (including phenoxy) is 4. The van der Waals surface area contributed by atoms with Crippen LogP contribution in [-0.4, -0.2) is 43.3 Å². The molecule has 0 atom stereocenters. The van der Waals surface area contributed by atoms with Crippen molar-refractivity contribution in [1.82, 2.24) is 10.4 Å². The smallest absolute Gasteiger partial charge is 0.343 e. The molecule has 0 aliphatic rings.